The van der Waals surface area contributed by atoms with Crippen LogP contribution in [0, 0.1) is 20.5 Å². The average molecular weight is 256 g/mol. The average Bonchev–Trinajstić information content (AvgIpc) is 1.12. The smallest absolute Gasteiger partial charge is 0.369 e. The summed E-state index contributed by atoms with van der Waals surface area (Å²) in [6.45, 7) is 0. The number of hydrogen-bond acceptors (Lipinski definition) is 8. The molecule has 12 heteroatoms. The minimum Gasteiger partial charge on any atom is -0.369 e. The third kappa shape index (κ3) is 406. The quantitative estimate of drug-likeness (QED) is 0.408. The van der Waals surface area contributed by atoms with Crippen molar-refractivity contribution in [3.8, 4) is 0 Å². The van der Waals surface area contributed by atoms with Crippen LogP contribution in [-0.4, -0.2) is 0 Å². The Hall–Kier alpha value is 1.86. The molecule has 0 rings (SSSR count). The molecule has 0 saturated heterocycles. The summed E-state index contributed by atoms with van der Waals surface area (Å²) in [7, 11) is -9.89. The van der Waals surface area contributed by atoms with Gasteiger partial charge in [0.2, 0.25) is 0 Å². The van der Waals surface area contributed by atoms with E-state index in [4.69, 9.17) is 37.3 Å². The molecule has 0 atom stereocenters. The Morgan fingerprint density at radius 3 is 0.500 bits per heavy atom. The monoisotopic (exact) mass is 255 g/mol. The van der Waals surface area contributed by atoms with Crippen LogP contribution in [0.1, 0.15) is 0 Å². The maximum absolute atomic E-state index is 8.49. The van der Waals surface area contributed by atoms with E-state index in [0.29, 0.717) is 0 Å². The van der Waals surface area contributed by atoms with Crippen LogP contribution in [-0.2, 0) is 0 Å². The fourth-order valence-corrected chi connectivity index (χ4v) is 0. The molecule has 0 unspecified atom stereocenters. The molecule has 0 aliphatic heterocycles. The van der Waals surface area contributed by atoms with Crippen LogP contribution in [0.3, 0.4) is 0 Å². The predicted molar refractivity (Wildman–Crippen MR) is 5.98 cm³/mol. The molecule has 0 bridgehead atoms. The van der Waals surface area contributed by atoms with Crippen LogP contribution < -0.4 is 94.8 Å². The normalized spacial score (nSPS) is 10.0. The summed E-state index contributed by atoms with van der Waals surface area (Å²) >= 11 is 0. The van der Waals surface area contributed by atoms with E-state index < -0.39 is 20.5 Å². The number of hydrogen-bond donors (Lipinski definition) is 1. The topological polar surface area (TPSA) is 221 Å². The molecule has 12 heavy (non-hydrogen) atoms. The Kier molecular flexibility index (Phi) is 18.5. The summed E-state index contributed by atoms with van der Waals surface area (Å²) in [6, 6.07) is 0. The second kappa shape index (κ2) is 9.41. The van der Waals surface area contributed by atoms with Crippen molar-refractivity contribution in [2.24, 2.45) is 0 Å². The first-order valence-corrected chi connectivity index (χ1v) is 3.70. The van der Waals surface area contributed by atoms with Gasteiger partial charge in [-0.25, -0.2) is 37.3 Å². The molecule has 0 spiro atoms. The number of quaternary nitrogens is 1. The van der Waals surface area contributed by atoms with Crippen molar-refractivity contribution < 1.29 is 109 Å². The van der Waals surface area contributed by atoms with Gasteiger partial charge in [0, 0.05) is 0 Å². The maximum Gasteiger partial charge on any atom is 1.00 e. The second-order valence-corrected chi connectivity index (χ2v) is 2.27. The van der Waals surface area contributed by atoms with Crippen LogP contribution >= 0.6 is 0 Å². The number of halogens is 2. The van der Waals surface area contributed by atoms with Crippen molar-refractivity contribution in [2.75, 3.05) is 0 Å². The van der Waals surface area contributed by atoms with Crippen molar-refractivity contribution in [1.29, 1.82) is 0 Å². The largest absolute Gasteiger partial charge is 1.00 e. The summed E-state index contributed by atoms with van der Waals surface area (Å²) in [5.41, 5.74) is 0. The van der Waals surface area contributed by atoms with Crippen LogP contribution in [0.5, 0.6) is 0 Å². The first-order chi connectivity index (χ1) is 4.00. The molecule has 9 nitrogen and oxygen atoms in total. The molecule has 72 valence electrons. The Balaban J connectivity index is -0.0000000457. The molecule has 0 aromatic heterocycles. The van der Waals surface area contributed by atoms with E-state index in [-0.39, 0.29) is 57.5 Å². The summed E-state index contributed by atoms with van der Waals surface area (Å²) in [5.74, 6) is 0. The molecule has 0 aromatic rings. The van der Waals surface area contributed by atoms with Gasteiger partial charge < -0.3 is 6.15 Å². The molecule has 0 amide bonds. The van der Waals surface area contributed by atoms with Crippen LogP contribution in [0.4, 0.5) is 0 Å². The summed E-state index contributed by atoms with van der Waals surface area (Å²) < 4.78 is 67.9. The molecule has 0 aliphatic rings. The third-order valence-electron chi connectivity index (χ3n) is 0. The Morgan fingerprint density at radius 1 is 0.500 bits per heavy atom. The van der Waals surface area contributed by atoms with Gasteiger partial charge in [0.25, 0.3) is 0 Å². The zero-order valence-corrected chi connectivity index (χ0v) is 10.7. The summed E-state index contributed by atoms with van der Waals surface area (Å²) in [6.07, 6.45) is 0. The van der Waals surface area contributed by atoms with Gasteiger partial charge in [-0.05, 0) is 0 Å². The van der Waals surface area contributed by atoms with Crippen LogP contribution in [0.15, 0.2) is 0 Å². The van der Waals surface area contributed by atoms with Gasteiger partial charge in [-0.3, -0.25) is 0 Å². The van der Waals surface area contributed by atoms with Gasteiger partial charge >= 0.3 is 51.4 Å². The van der Waals surface area contributed by atoms with Gasteiger partial charge in [0.05, 0.1) is 0 Å². The standard InChI is InChI=1S/2ClHO4.K.H3N/c2*2-1(3,4)5;;/h2*(H,2,3,4,5);;1H3/q;;+1;/p-1. The number of rotatable bonds is 0. The molecule has 0 saturated carbocycles. The van der Waals surface area contributed by atoms with E-state index in [1.165, 1.54) is 0 Å². The predicted octanol–water partition coefficient (Wildman–Crippen LogP) is -12.1. The Morgan fingerprint density at radius 2 is 0.500 bits per heavy atom. The summed E-state index contributed by atoms with van der Waals surface area (Å²) in [4.78, 5) is 0. The van der Waals surface area contributed by atoms with E-state index in [1.807, 2.05) is 0 Å². The van der Waals surface area contributed by atoms with Crippen molar-refractivity contribution >= 4 is 0 Å². The SMILES string of the molecule is [K+].[NH4+].[O-][Cl+3]([O-])([O-])[O-].[O-][Cl+3]([O-])([O-])[O-]. The van der Waals surface area contributed by atoms with E-state index in [2.05, 4.69) is 0 Å². The van der Waals surface area contributed by atoms with Crippen molar-refractivity contribution in [3.05, 3.63) is 0 Å². The minimum absolute atomic E-state index is 0. The van der Waals surface area contributed by atoms with Gasteiger partial charge in [-0.1, -0.05) is 0 Å². The van der Waals surface area contributed by atoms with E-state index >= 15 is 0 Å². The minimum atomic E-state index is -4.94. The Bertz CT molecular complexity index is 60.0. The fourth-order valence-electron chi connectivity index (χ4n) is 0. The maximum atomic E-state index is 8.49. The molecule has 0 heterocycles. The van der Waals surface area contributed by atoms with Gasteiger partial charge in [-0.2, -0.15) is 0 Å². The molecule has 4 N–H and O–H groups in total. The van der Waals surface area contributed by atoms with E-state index in [9.17, 15) is 0 Å². The van der Waals surface area contributed by atoms with Gasteiger partial charge in [-0.15, -0.1) is 20.5 Å². The van der Waals surface area contributed by atoms with Crippen LogP contribution in [0.2, 0.25) is 0 Å². The van der Waals surface area contributed by atoms with Crippen molar-refractivity contribution in [2.45, 2.75) is 0 Å². The fraction of sp³-hybridized carbons (Fsp3) is 0. The summed E-state index contributed by atoms with van der Waals surface area (Å²) in [5, 5.41) is 0. The van der Waals surface area contributed by atoms with Crippen LogP contribution in [0.25, 0.3) is 0 Å². The van der Waals surface area contributed by atoms with E-state index in [1.54, 1.807) is 0 Å². The van der Waals surface area contributed by atoms with E-state index in [0.717, 1.165) is 0 Å². The van der Waals surface area contributed by atoms with Gasteiger partial charge in [0.15, 0.2) is 0 Å². The molecular weight excluding hydrogens is 252 g/mol. The zero-order chi connectivity index (χ0) is 9.00. The molecule has 0 radical (unpaired) electrons. The third-order valence-corrected chi connectivity index (χ3v) is 0. The zero-order valence-electron chi connectivity index (χ0n) is 6.02. The molecule has 0 aliphatic carbocycles. The first kappa shape index (κ1) is 23.6. The van der Waals surface area contributed by atoms with Gasteiger partial charge in [0.1, 0.15) is 0 Å². The van der Waals surface area contributed by atoms with Crippen molar-refractivity contribution in [3.63, 3.8) is 0 Å². The molecule has 0 aromatic carbocycles. The molecule has 0 fully saturated rings. The van der Waals surface area contributed by atoms with Crippen molar-refractivity contribution in [1.82, 2.24) is 6.15 Å². The molecular formula is H4Cl2KNO8. The second-order valence-electron chi connectivity index (χ2n) is 0.756. The first-order valence-electron chi connectivity index (χ1n) is 1.23. The Labute approximate surface area is 114 Å².